The number of para-hydroxylation sites is 2. The summed E-state index contributed by atoms with van der Waals surface area (Å²) in [6.45, 7) is 5.91. The van der Waals surface area contributed by atoms with Crippen LogP contribution in [0.1, 0.15) is 49.1 Å². The molecule has 1 N–H and O–H groups in total. The van der Waals surface area contributed by atoms with E-state index < -0.39 is 0 Å². The number of hydrogen-bond acceptors (Lipinski definition) is 4. The van der Waals surface area contributed by atoms with Gasteiger partial charge in [-0.1, -0.05) is 19.1 Å². The molecule has 1 saturated heterocycles. The highest BCUT2D eigenvalue weighted by molar-refractivity contribution is 5.91. The van der Waals surface area contributed by atoms with Crippen LogP contribution >= 0.6 is 0 Å². The van der Waals surface area contributed by atoms with Gasteiger partial charge >= 0.3 is 0 Å². The molecule has 152 valence electrons. The maximum Gasteiger partial charge on any atom is 0.287 e. The number of piperidine rings is 1. The summed E-state index contributed by atoms with van der Waals surface area (Å²) in [6.07, 6.45) is 3.55. The molecule has 2 amide bonds. The molecule has 1 aromatic carbocycles. The molecule has 0 radical (unpaired) electrons. The van der Waals surface area contributed by atoms with E-state index in [0.29, 0.717) is 11.7 Å². The maximum atomic E-state index is 13.0. The molecule has 1 unspecified atom stereocenters. The summed E-state index contributed by atoms with van der Waals surface area (Å²) in [5.74, 6) is 1.35. The first-order valence-electron chi connectivity index (χ1n) is 10.1. The van der Waals surface area contributed by atoms with Gasteiger partial charge < -0.3 is 19.2 Å². The molecule has 7 nitrogen and oxygen atoms in total. The largest absolute Gasteiger partial charge is 0.459 e. The van der Waals surface area contributed by atoms with Crippen LogP contribution in [0, 0.1) is 5.92 Å². The predicted molar refractivity (Wildman–Crippen MR) is 109 cm³/mol. The van der Waals surface area contributed by atoms with Crippen LogP contribution in [-0.2, 0) is 11.3 Å². The predicted octanol–water partition coefficient (Wildman–Crippen LogP) is 3.38. The molecule has 0 bridgehead atoms. The molecule has 0 aliphatic carbocycles. The highest BCUT2D eigenvalue weighted by Gasteiger charge is 2.25. The first-order chi connectivity index (χ1) is 14.0. The number of benzene rings is 1. The Morgan fingerprint density at radius 1 is 1.21 bits per heavy atom. The zero-order valence-corrected chi connectivity index (χ0v) is 16.8. The van der Waals surface area contributed by atoms with E-state index in [-0.39, 0.29) is 30.2 Å². The fourth-order valence-electron chi connectivity index (χ4n) is 3.82. The van der Waals surface area contributed by atoms with Crippen molar-refractivity contribution in [1.29, 1.82) is 0 Å². The van der Waals surface area contributed by atoms with E-state index in [0.717, 1.165) is 37.0 Å². The minimum Gasteiger partial charge on any atom is -0.459 e. The van der Waals surface area contributed by atoms with Crippen LogP contribution in [0.15, 0.2) is 47.1 Å². The SMILES string of the molecule is CC1CCN(C(=O)Cn2c(C(C)NC(=O)c3ccco3)nc3ccccc32)CC1. The monoisotopic (exact) mass is 394 g/mol. The lowest BCUT2D eigenvalue weighted by molar-refractivity contribution is -0.133. The number of furan rings is 1. The highest BCUT2D eigenvalue weighted by Crippen LogP contribution is 2.23. The summed E-state index contributed by atoms with van der Waals surface area (Å²) < 4.78 is 7.09. The van der Waals surface area contributed by atoms with Crippen molar-refractivity contribution in [2.45, 2.75) is 39.3 Å². The van der Waals surface area contributed by atoms with Crippen molar-refractivity contribution in [1.82, 2.24) is 19.8 Å². The Morgan fingerprint density at radius 3 is 2.69 bits per heavy atom. The molecule has 3 aromatic rings. The van der Waals surface area contributed by atoms with Gasteiger partial charge in [-0.3, -0.25) is 9.59 Å². The van der Waals surface area contributed by atoms with E-state index in [1.165, 1.54) is 6.26 Å². The number of carbonyl (C=O) groups excluding carboxylic acids is 2. The van der Waals surface area contributed by atoms with Gasteiger partial charge in [0.1, 0.15) is 12.4 Å². The molecule has 1 aliphatic rings. The quantitative estimate of drug-likeness (QED) is 0.719. The van der Waals surface area contributed by atoms with Crippen molar-refractivity contribution >= 4 is 22.8 Å². The van der Waals surface area contributed by atoms with Crippen LogP contribution in [0.3, 0.4) is 0 Å². The van der Waals surface area contributed by atoms with Crippen molar-refractivity contribution in [3.63, 3.8) is 0 Å². The molecular formula is C22H26N4O3. The Labute approximate surface area is 169 Å². The van der Waals surface area contributed by atoms with Gasteiger partial charge in [0, 0.05) is 13.1 Å². The van der Waals surface area contributed by atoms with E-state index in [1.54, 1.807) is 12.1 Å². The van der Waals surface area contributed by atoms with E-state index in [9.17, 15) is 9.59 Å². The number of nitrogens with zero attached hydrogens (tertiary/aromatic N) is 3. The molecule has 1 aliphatic heterocycles. The lowest BCUT2D eigenvalue weighted by Crippen LogP contribution is -2.40. The molecule has 2 aromatic heterocycles. The molecular weight excluding hydrogens is 368 g/mol. The molecule has 0 spiro atoms. The number of imidazole rings is 1. The molecule has 3 heterocycles. The van der Waals surface area contributed by atoms with Gasteiger partial charge in [-0.05, 0) is 49.9 Å². The van der Waals surface area contributed by atoms with Crippen LogP contribution in [0.4, 0.5) is 0 Å². The van der Waals surface area contributed by atoms with Crippen molar-refractivity contribution in [2.75, 3.05) is 13.1 Å². The summed E-state index contributed by atoms with van der Waals surface area (Å²) in [5.41, 5.74) is 1.70. The van der Waals surface area contributed by atoms with E-state index in [1.807, 2.05) is 40.7 Å². The fourth-order valence-corrected chi connectivity index (χ4v) is 3.82. The van der Waals surface area contributed by atoms with Gasteiger partial charge in [-0.2, -0.15) is 0 Å². The Balaban J connectivity index is 1.58. The van der Waals surface area contributed by atoms with Gasteiger partial charge in [0.05, 0.1) is 23.3 Å². The van der Waals surface area contributed by atoms with Gasteiger partial charge in [0.15, 0.2) is 5.76 Å². The highest BCUT2D eigenvalue weighted by atomic mass is 16.3. The number of rotatable bonds is 5. The van der Waals surface area contributed by atoms with Crippen molar-refractivity contribution in [3.05, 3.63) is 54.2 Å². The number of aromatic nitrogens is 2. The normalized spacial score (nSPS) is 16.1. The lowest BCUT2D eigenvalue weighted by atomic mass is 9.99. The lowest BCUT2D eigenvalue weighted by Gasteiger charge is -2.30. The van der Waals surface area contributed by atoms with Gasteiger partial charge in [0.2, 0.25) is 5.91 Å². The molecule has 1 fully saturated rings. The third-order valence-electron chi connectivity index (χ3n) is 5.59. The summed E-state index contributed by atoms with van der Waals surface area (Å²) >= 11 is 0. The Morgan fingerprint density at radius 2 is 1.97 bits per heavy atom. The average Bonchev–Trinajstić information content (AvgIpc) is 3.37. The summed E-state index contributed by atoms with van der Waals surface area (Å²) in [5, 5.41) is 2.92. The van der Waals surface area contributed by atoms with Gasteiger partial charge in [-0.25, -0.2) is 4.98 Å². The zero-order chi connectivity index (χ0) is 20.4. The third kappa shape index (κ3) is 4.04. The van der Waals surface area contributed by atoms with Crippen LogP contribution in [0.2, 0.25) is 0 Å². The van der Waals surface area contributed by atoms with E-state index in [4.69, 9.17) is 9.40 Å². The number of carbonyl (C=O) groups is 2. The minimum absolute atomic E-state index is 0.0888. The van der Waals surface area contributed by atoms with Gasteiger partial charge in [-0.15, -0.1) is 0 Å². The average molecular weight is 394 g/mol. The number of amides is 2. The number of likely N-dealkylation sites (tertiary alicyclic amines) is 1. The summed E-state index contributed by atoms with van der Waals surface area (Å²) in [6, 6.07) is 10.6. The second-order valence-electron chi connectivity index (χ2n) is 7.78. The van der Waals surface area contributed by atoms with Crippen molar-refractivity contribution < 1.29 is 14.0 Å². The maximum absolute atomic E-state index is 13.0. The third-order valence-corrected chi connectivity index (χ3v) is 5.59. The number of nitrogens with one attached hydrogen (secondary N) is 1. The second kappa shape index (κ2) is 8.11. The van der Waals surface area contributed by atoms with Crippen LogP contribution < -0.4 is 5.32 Å². The molecule has 1 atom stereocenters. The van der Waals surface area contributed by atoms with Crippen LogP contribution in [0.25, 0.3) is 11.0 Å². The molecule has 0 saturated carbocycles. The number of fused-ring (bicyclic) bond motifs is 1. The van der Waals surface area contributed by atoms with Crippen LogP contribution in [-0.4, -0.2) is 39.4 Å². The second-order valence-corrected chi connectivity index (χ2v) is 7.78. The van der Waals surface area contributed by atoms with Crippen LogP contribution in [0.5, 0.6) is 0 Å². The molecule has 29 heavy (non-hydrogen) atoms. The number of hydrogen-bond donors (Lipinski definition) is 1. The van der Waals surface area contributed by atoms with Crippen molar-refractivity contribution in [2.24, 2.45) is 5.92 Å². The summed E-state index contributed by atoms with van der Waals surface area (Å²) in [4.78, 5) is 32.0. The summed E-state index contributed by atoms with van der Waals surface area (Å²) in [7, 11) is 0. The smallest absolute Gasteiger partial charge is 0.287 e. The van der Waals surface area contributed by atoms with E-state index >= 15 is 0 Å². The minimum atomic E-state index is -0.380. The fraction of sp³-hybridized carbons (Fsp3) is 0.409. The first kappa shape index (κ1) is 19.2. The Bertz CT molecular complexity index is 1000. The molecule has 4 rings (SSSR count). The zero-order valence-electron chi connectivity index (χ0n) is 16.8. The topological polar surface area (TPSA) is 80.4 Å². The van der Waals surface area contributed by atoms with Crippen molar-refractivity contribution in [3.8, 4) is 0 Å². The Kier molecular flexibility index (Phi) is 5.38. The Hall–Kier alpha value is -3.09. The van der Waals surface area contributed by atoms with E-state index in [2.05, 4.69) is 12.2 Å². The van der Waals surface area contributed by atoms with Gasteiger partial charge in [0.25, 0.3) is 5.91 Å². The first-order valence-corrected chi connectivity index (χ1v) is 10.1. The molecule has 7 heteroatoms. The standard InChI is InChI=1S/C22H26N4O3/c1-15-9-11-25(12-10-15)20(27)14-26-18-7-4-3-6-17(18)24-21(26)16(2)23-22(28)19-8-5-13-29-19/h3-8,13,15-16H,9-12,14H2,1-2H3,(H,23,28).